The molecule has 0 N–H and O–H groups in total. The van der Waals surface area contributed by atoms with Gasteiger partial charge in [0.2, 0.25) is 0 Å². The van der Waals surface area contributed by atoms with Crippen molar-refractivity contribution in [2.75, 3.05) is 20.2 Å². The van der Waals surface area contributed by atoms with E-state index in [-0.39, 0.29) is 0 Å². The van der Waals surface area contributed by atoms with Gasteiger partial charge in [0.05, 0.1) is 6.10 Å². The molecule has 1 heterocycles. The number of benzene rings is 1. The number of hydrogen-bond acceptors (Lipinski definition) is 2. The zero-order valence-electron chi connectivity index (χ0n) is 11.1. The summed E-state index contributed by atoms with van der Waals surface area (Å²) in [7, 11) is 2.14. The topological polar surface area (TPSA) is 12.5 Å². The summed E-state index contributed by atoms with van der Waals surface area (Å²) in [6, 6.07) is 8.06. The van der Waals surface area contributed by atoms with Gasteiger partial charge in [-0.25, -0.2) is 0 Å². The van der Waals surface area contributed by atoms with Crippen molar-refractivity contribution < 1.29 is 4.74 Å². The lowest BCUT2D eigenvalue weighted by molar-refractivity contribution is 0.00641. The van der Waals surface area contributed by atoms with Crippen molar-refractivity contribution >= 4 is 11.6 Å². The Kier molecular flexibility index (Phi) is 5.48. The Balaban J connectivity index is 1.74. The molecule has 1 saturated heterocycles. The van der Waals surface area contributed by atoms with Crippen LogP contribution >= 0.6 is 11.6 Å². The second kappa shape index (κ2) is 7.13. The highest BCUT2D eigenvalue weighted by atomic mass is 35.5. The molecule has 1 aromatic carbocycles. The van der Waals surface area contributed by atoms with Crippen molar-refractivity contribution in [1.29, 1.82) is 0 Å². The van der Waals surface area contributed by atoms with Gasteiger partial charge in [0.25, 0.3) is 0 Å². The van der Waals surface area contributed by atoms with Crippen molar-refractivity contribution in [2.45, 2.75) is 38.3 Å². The Hall–Kier alpha value is -0.570. The molecule has 0 amide bonds. The zero-order chi connectivity index (χ0) is 12.8. The number of halogens is 1. The van der Waals surface area contributed by atoms with Gasteiger partial charge in [0.1, 0.15) is 0 Å². The van der Waals surface area contributed by atoms with Gasteiger partial charge in [-0.05, 0) is 44.4 Å². The molecular weight excluding hydrogens is 246 g/mol. The van der Waals surface area contributed by atoms with Crippen molar-refractivity contribution in [1.82, 2.24) is 4.90 Å². The summed E-state index contributed by atoms with van der Waals surface area (Å²) in [5, 5.41) is 0.860. The molecule has 100 valence electrons. The van der Waals surface area contributed by atoms with E-state index < -0.39 is 0 Å². The highest BCUT2D eigenvalue weighted by Crippen LogP contribution is 2.18. The molecule has 0 radical (unpaired) electrons. The van der Waals surface area contributed by atoms with Gasteiger partial charge in [-0.3, -0.25) is 0 Å². The summed E-state index contributed by atoms with van der Waals surface area (Å²) in [6.45, 7) is 2.92. The first-order valence-corrected chi connectivity index (χ1v) is 7.17. The Labute approximate surface area is 115 Å². The molecule has 0 saturated carbocycles. The molecule has 18 heavy (non-hydrogen) atoms. The minimum Gasteiger partial charge on any atom is -0.378 e. The van der Waals surface area contributed by atoms with E-state index in [1.807, 2.05) is 18.2 Å². The van der Waals surface area contributed by atoms with Crippen molar-refractivity contribution in [3.63, 3.8) is 0 Å². The summed E-state index contributed by atoms with van der Waals surface area (Å²) < 4.78 is 5.75. The van der Waals surface area contributed by atoms with E-state index in [1.165, 1.54) is 24.8 Å². The van der Waals surface area contributed by atoms with E-state index in [4.69, 9.17) is 16.3 Å². The standard InChI is InChI=1S/C15H22ClNO/c1-17(10-9-14-7-4-5-11-18-14)12-13-6-2-3-8-15(13)16/h2-3,6,8,14H,4-5,7,9-12H2,1H3. The van der Waals surface area contributed by atoms with Crippen LogP contribution in [0.15, 0.2) is 24.3 Å². The maximum absolute atomic E-state index is 6.17. The van der Waals surface area contributed by atoms with Gasteiger partial charge < -0.3 is 9.64 Å². The third-order valence-corrected chi connectivity index (χ3v) is 3.87. The van der Waals surface area contributed by atoms with Crippen LogP contribution in [0.5, 0.6) is 0 Å². The van der Waals surface area contributed by atoms with Crippen LogP contribution in [-0.4, -0.2) is 31.2 Å². The van der Waals surface area contributed by atoms with E-state index >= 15 is 0 Å². The van der Waals surface area contributed by atoms with Gasteiger partial charge in [-0.1, -0.05) is 29.8 Å². The monoisotopic (exact) mass is 267 g/mol. The van der Waals surface area contributed by atoms with Gasteiger partial charge >= 0.3 is 0 Å². The van der Waals surface area contributed by atoms with Crippen LogP contribution in [0.4, 0.5) is 0 Å². The molecule has 0 aliphatic carbocycles. The first kappa shape index (κ1) is 13.9. The Bertz CT molecular complexity index is 363. The van der Waals surface area contributed by atoms with Crippen LogP contribution in [0.3, 0.4) is 0 Å². The Morgan fingerprint density at radius 3 is 2.89 bits per heavy atom. The van der Waals surface area contributed by atoms with Crippen molar-refractivity contribution in [2.24, 2.45) is 0 Å². The van der Waals surface area contributed by atoms with Crippen LogP contribution in [0.1, 0.15) is 31.2 Å². The van der Waals surface area contributed by atoms with Crippen LogP contribution in [0, 0.1) is 0 Å². The molecule has 2 nitrogen and oxygen atoms in total. The maximum Gasteiger partial charge on any atom is 0.0587 e. The fourth-order valence-electron chi connectivity index (χ4n) is 2.40. The highest BCUT2D eigenvalue weighted by molar-refractivity contribution is 6.31. The van der Waals surface area contributed by atoms with Crippen LogP contribution < -0.4 is 0 Å². The molecule has 1 aromatic rings. The van der Waals surface area contributed by atoms with Gasteiger partial charge in [0, 0.05) is 24.7 Å². The smallest absolute Gasteiger partial charge is 0.0587 e. The lowest BCUT2D eigenvalue weighted by atomic mass is 10.1. The number of hydrogen-bond donors (Lipinski definition) is 0. The average molecular weight is 268 g/mol. The zero-order valence-corrected chi connectivity index (χ0v) is 11.8. The molecule has 1 atom stereocenters. The van der Waals surface area contributed by atoms with Crippen LogP contribution in [0.2, 0.25) is 5.02 Å². The fourth-order valence-corrected chi connectivity index (χ4v) is 2.59. The second-order valence-corrected chi connectivity index (χ2v) is 5.51. The Morgan fingerprint density at radius 2 is 2.17 bits per heavy atom. The normalized spacial score (nSPS) is 20.3. The predicted molar refractivity (Wildman–Crippen MR) is 76.0 cm³/mol. The van der Waals surface area contributed by atoms with E-state index in [2.05, 4.69) is 18.0 Å². The molecule has 1 unspecified atom stereocenters. The molecule has 0 bridgehead atoms. The van der Waals surface area contributed by atoms with Crippen molar-refractivity contribution in [3.8, 4) is 0 Å². The summed E-state index contributed by atoms with van der Waals surface area (Å²) in [6.07, 6.45) is 5.36. The highest BCUT2D eigenvalue weighted by Gasteiger charge is 2.14. The molecule has 2 rings (SSSR count). The molecule has 1 aliphatic heterocycles. The largest absolute Gasteiger partial charge is 0.378 e. The average Bonchev–Trinajstić information content (AvgIpc) is 2.40. The first-order chi connectivity index (χ1) is 8.75. The fraction of sp³-hybridized carbons (Fsp3) is 0.600. The van der Waals surface area contributed by atoms with E-state index in [0.717, 1.165) is 31.1 Å². The van der Waals surface area contributed by atoms with Crippen LogP contribution in [-0.2, 0) is 11.3 Å². The quantitative estimate of drug-likeness (QED) is 0.806. The van der Waals surface area contributed by atoms with Crippen molar-refractivity contribution in [3.05, 3.63) is 34.9 Å². The third-order valence-electron chi connectivity index (χ3n) is 3.50. The van der Waals surface area contributed by atoms with E-state index in [9.17, 15) is 0 Å². The van der Waals surface area contributed by atoms with Gasteiger partial charge in [0.15, 0.2) is 0 Å². The number of rotatable bonds is 5. The summed E-state index contributed by atoms with van der Waals surface area (Å²) >= 11 is 6.17. The molecule has 0 aromatic heterocycles. The molecular formula is C15H22ClNO. The summed E-state index contributed by atoms with van der Waals surface area (Å²) in [4.78, 5) is 2.32. The summed E-state index contributed by atoms with van der Waals surface area (Å²) in [5.74, 6) is 0. The molecule has 0 spiro atoms. The SMILES string of the molecule is CN(CCC1CCCCO1)Cc1ccccc1Cl. The number of nitrogens with zero attached hydrogens (tertiary/aromatic N) is 1. The lowest BCUT2D eigenvalue weighted by Crippen LogP contribution is -2.26. The summed E-state index contributed by atoms with van der Waals surface area (Å²) in [5.41, 5.74) is 1.20. The molecule has 1 fully saturated rings. The van der Waals surface area contributed by atoms with E-state index in [1.54, 1.807) is 0 Å². The third kappa shape index (κ3) is 4.27. The first-order valence-electron chi connectivity index (χ1n) is 6.79. The molecule has 3 heteroatoms. The second-order valence-electron chi connectivity index (χ2n) is 5.11. The minimum atomic E-state index is 0.465. The Morgan fingerprint density at radius 1 is 1.33 bits per heavy atom. The van der Waals surface area contributed by atoms with Crippen LogP contribution in [0.25, 0.3) is 0 Å². The minimum absolute atomic E-state index is 0.465. The lowest BCUT2D eigenvalue weighted by Gasteiger charge is -2.25. The van der Waals surface area contributed by atoms with E-state index in [0.29, 0.717) is 6.10 Å². The van der Waals surface area contributed by atoms with Gasteiger partial charge in [-0.2, -0.15) is 0 Å². The molecule has 1 aliphatic rings. The van der Waals surface area contributed by atoms with Gasteiger partial charge in [-0.15, -0.1) is 0 Å². The predicted octanol–water partition coefficient (Wildman–Crippen LogP) is 3.73. The number of ether oxygens (including phenoxy) is 1. The maximum atomic E-state index is 6.17.